The third kappa shape index (κ3) is 3.40. The summed E-state index contributed by atoms with van der Waals surface area (Å²) >= 11 is 1.17. The third-order valence-electron chi connectivity index (χ3n) is 3.65. The first-order valence-electron chi connectivity index (χ1n) is 5.89. The summed E-state index contributed by atoms with van der Waals surface area (Å²) in [7, 11) is 0. The predicted octanol–water partition coefficient (Wildman–Crippen LogP) is 4.24. The Labute approximate surface area is 97.1 Å². The number of ether oxygens (including phenoxy) is 1. The molecule has 1 rings (SSSR count). The van der Waals surface area contributed by atoms with E-state index in [0.717, 1.165) is 6.42 Å². The highest BCUT2D eigenvalue weighted by Gasteiger charge is 2.36. The van der Waals surface area contributed by atoms with Crippen molar-refractivity contribution in [3.05, 3.63) is 0 Å². The van der Waals surface area contributed by atoms with Gasteiger partial charge in [-0.2, -0.15) is 0 Å². The van der Waals surface area contributed by atoms with E-state index in [1.54, 1.807) is 6.26 Å². The Kier molecular flexibility index (Phi) is 4.97. The number of hydrogen-bond donors (Lipinski definition) is 0. The van der Waals surface area contributed by atoms with Gasteiger partial charge < -0.3 is 4.74 Å². The quantitative estimate of drug-likeness (QED) is 0.678. The fourth-order valence-corrected chi connectivity index (χ4v) is 2.66. The Morgan fingerprint density at radius 2 is 2.00 bits per heavy atom. The van der Waals surface area contributed by atoms with Gasteiger partial charge in [-0.1, -0.05) is 26.2 Å². The van der Waals surface area contributed by atoms with Gasteiger partial charge in [0, 0.05) is 0 Å². The first-order chi connectivity index (χ1) is 7.12. The fourth-order valence-electron chi connectivity index (χ4n) is 2.39. The van der Waals surface area contributed by atoms with E-state index in [-0.39, 0.29) is 10.9 Å². The second-order valence-corrected chi connectivity index (χ2v) is 5.30. The van der Waals surface area contributed by atoms with E-state index < -0.39 is 0 Å². The zero-order valence-corrected chi connectivity index (χ0v) is 10.9. The number of thioether (sulfide) groups is 1. The molecule has 0 heterocycles. The van der Waals surface area contributed by atoms with Crippen LogP contribution >= 0.6 is 11.8 Å². The molecule has 1 saturated carbocycles. The van der Waals surface area contributed by atoms with Crippen LogP contribution < -0.4 is 0 Å². The van der Waals surface area contributed by atoms with Crippen molar-refractivity contribution < 1.29 is 9.53 Å². The average Bonchev–Trinajstić information content (AvgIpc) is 2.30. The maximum absolute atomic E-state index is 11.4. The maximum atomic E-state index is 11.4. The lowest BCUT2D eigenvalue weighted by Crippen LogP contribution is -2.39. The molecular formula is C12H22O2S. The van der Waals surface area contributed by atoms with E-state index in [1.165, 1.54) is 43.9 Å². The third-order valence-corrected chi connectivity index (χ3v) is 4.07. The minimum atomic E-state index is -0.236. The van der Waals surface area contributed by atoms with Crippen molar-refractivity contribution in [3.63, 3.8) is 0 Å². The van der Waals surface area contributed by atoms with Gasteiger partial charge >= 0.3 is 5.30 Å². The molecule has 0 saturated heterocycles. The minimum absolute atomic E-state index is 0.134. The lowest BCUT2D eigenvalue weighted by atomic mass is 9.76. The summed E-state index contributed by atoms with van der Waals surface area (Å²) in [5, 5.41) is -0.134. The molecule has 0 aromatic carbocycles. The zero-order valence-electron chi connectivity index (χ0n) is 10.0. The SMILES string of the molecule is CCC(C)(OC(=O)SC)C1CCCCC1. The lowest BCUT2D eigenvalue weighted by molar-refractivity contribution is -0.0231. The molecule has 1 aliphatic carbocycles. The van der Waals surface area contributed by atoms with Crippen molar-refractivity contribution in [3.8, 4) is 0 Å². The van der Waals surface area contributed by atoms with Crippen LogP contribution in [-0.4, -0.2) is 17.2 Å². The molecule has 0 aliphatic heterocycles. The molecule has 0 amide bonds. The van der Waals surface area contributed by atoms with Crippen molar-refractivity contribution >= 4 is 17.1 Å². The smallest absolute Gasteiger partial charge is 0.367 e. The summed E-state index contributed by atoms with van der Waals surface area (Å²) in [6, 6.07) is 0. The second kappa shape index (κ2) is 5.78. The summed E-state index contributed by atoms with van der Waals surface area (Å²) in [4.78, 5) is 11.4. The van der Waals surface area contributed by atoms with E-state index >= 15 is 0 Å². The lowest BCUT2D eigenvalue weighted by Gasteiger charge is -2.38. The van der Waals surface area contributed by atoms with Gasteiger partial charge in [-0.05, 0) is 50.1 Å². The molecular weight excluding hydrogens is 208 g/mol. The topological polar surface area (TPSA) is 26.3 Å². The molecule has 0 N–H and O–H groups in total. The van der Waals surface area contributed by atoms with Crippen molar-refractivity contribution in [2.24, 2.45) is 5.92 Å². The summed E-state index contributed by atoms with van der Waals surface area (Å²) < 4.78 is 5.60. The summed E-state index contributed by atoms with van der Waals surface area (Å²) in [5.41, 5.74) is -0.236. The van der Waals surface area contributed by atoms with Gasteiger partial charge in [0.25, 0.3) is 0 Å². The normalized spacial score (nSPS) is 22.1. The predicted molar refractivity (Wildman–Crippen MR) is 65.3 cm³/mol. The Bertz CT molecular complexity index is 212. The van der Waals surface area contributed by atoms with Gasteiger partial charge in [-0.15, -0.1) is 0 Å². The molecule has 0 bridgehead atoms. The highest BCUT2D eigenvalue weighted by Crippen LogP contribution is 2.37. The first-order valence-corrected chi connectivity index (χ1v) is 7.12. The van der Waals surface area contributed by atoms with E-state index in [2.05, 4.69) is 13.8 Å². The number of carbonyl (C=O) groups excluding carboxylic acids is 1. The fraction of sp³-hybridized carbons (Fsp3) is 0.917. The molecule has 0 aromatic heterocycles. The highest BCUT2D eigenvalue weighted by atomic mass is 32.2. The monoisotopic (exact) mass is 230 g/mol. The molecule has 1 fully saturated rings. The molecule has 0 aromatic rings. The van der Waals surface area contributed by atoms with Gasteiger partial charge in [-0.3, -0.25) is 0 Å². The second-order valence-electron chi connectivity index (χ2n) is 4.56. The van der Waals surface area contributed by atoms with Crippen molar-refractivity contribution in [1.29, 1.82) is 0 Å². The molecule has 2 nitrogen and oxygen atoms in total. The number of carbonyl (C=O) groups is 1. The van der Waals surface area contributed by atoms with Crippen LogP contribution in [-0.2, 0) is 4.74 Å². The van der Waals surface area contributed by atoms with Crippen LogP contribution in [0.4, 0.5) is 4.79 Å². The molecule has 0 spiro atoms. The van der Waals surface area contributed by atoms with Crippen LogP contribution in [0.25, 0.3) is 0 Å². The highest BCUT2D eigenvalue weighted by molar-refractivity contribution is 8.12. The van der Waals surface area contributed by atoms with Crippen LogP contribution in [0.2, 0.25) is 0 Å². The van der Waals surface area contributed by atoms with Gasteiger partial charge in [0.2, 0.25) is 0 Å². The van der Waals surface area contributed by atoms with Gasteiger partial charge in [-0.25, -0.2) is 4.79 Å². The van der Waals surface area contributed by atoms with E-state index in [0.29, 0.717) is 5.92 Å². The first kappa shape index (κ1) is 12.9. The number of rotatable bonds is 3. The van der Waals surface area contributed by atoms with Crippen LogP contribution in [0.3, 0.4) is 0 Å². The molecule has 1 aliphatic rings. The standard InChI is InChI=1S/C12H22O2S/c1-4-12(2,14-11(13)15-3)10-8-6-5-7-9-10/h10H,4-9H2,1-3H3. The Morgan fingerprint density at radius 1 is 1.40 bits per heavy atom. The van der Waals surface area contributed by atoms with Crippen LogP contribution in [0.1, 0.15) is 52.4 Å². The summed E-state index contributed by atoms with van der Waals surface area (Å²) in [6.07, 6.45) is 9.04. The zero-order chi connectivity index (χ0) is 11.3. The molecule has 15 heavy (non-hydrogen) atoms. The van der Waals surface area contributed by atoms with Crippen LogP contribution in [0.5, 0.6) is 0 Å². The Hall–Kier alpha value is -0.180. The van der Waals surface area contributed by atoms with Gasteiger partial charge in [0.05, 0.1) is 0 Å². The summed E-state index contributed by atoms with van der Waals surface area (Å²) in [5.74, 6) is 0.562. The van der Waals surface area contributed by atoms with Crippen LogP contribution in [0, 0.1) is 5.92 Å². The molecule has 1 atom stereocenters. The van der Waals surface area contributed by atoms with Crippen molar-refractivity contribution in [2.75, 3.05) is 6.26 Å². The van der Waals surface area contributed by atoms with Crippen LogP contribution in [0.15, 0.2) is 0 Å². The van der Waals surface area contributed by atoms with Gasteiger partial charge in [0.1, 0.15) is 5.60 Å². The molecule has 0 radical (unpaired) electrons. The molecule has 1 unspecified atom stereocenters. The minimum Gasteiger partial charge on any atom is -0.451 e. The van der Waals surface area contributed by atoms with E-state index in [1.807, 2.05) is 0 Å². The van der Waals surface area contributed by atoms with E-state index in [4.69, 9.17) is 4.74 Å². The Morgan fingerprint density at radius 3 is 2.47 bits per heavy atom. The molecule has 3 heteroatoms. The van der Waals surface area contributed by atoms with Gasteiger partial charge in [0.15, 0.2) is 0 Å². The largest absolute Gasteiger partial charge is 0.451 e. The number of hydrogen-bond acceptors (Lipinski definition) is 3. The van der Waals surface area contributed by atoms with Crippen molar-refractivity contribution in [2.45, 2.75) is 58.0 Å². The average molecular weight is 230 g/mol. The van der Waals surface area contributed by atoms with E-state index in [9.17, 15) is 4.79 Å². The Balaban J connectivity index is 2.60. The maximum Gasteiger partial charge on any atom is 0.367 e. The molecule has 88 valence electrons. The van der Waals surface area contributed by atoms with Crippen molar-refractivity contribution in [1.82, 2.24) is 0 Å². The summed E-state index contributed by atoms with van der Waals surface area (Å²) in [6.45, 7) is 4.21.